The summed E-state index contributed by atoms with van der Waals surface area (Å²) in [6, 6.07) is 6.00. The zero-order valence-corrected chi connectivity index (χ0v) is 18.7. The molecule has 0 atom stereocenters. The molecule has 5 nitrogen and oxygen atoms in total. The summed E-state index contributed by atoms with van der Waals surface area (Å²) in [5.74, 6) is 1.78. The Labute approximate surface area is 183 Å². The Hall–Kier alpha value is -1.05. The van der Waals surface area contributed by atoms with Gasteiger partial charge in [0, 0.05) is 25.5 Å². The van der Waals surface area contributed by atoms with Crippen LogP contribution in [-0.2, 0) is 30.9 Å². The minimum Gasteiger partial charge on any atom is -1.00 e. The van der Waals surface area contributed by atoms with Crippen LogP contribution in [-0.4, -0.2) is 24.1 Å². The van der Waals surface area contributed by atoms with E-state index in [2.05, 4.69) is 32.9 Å². The average Bonchev–Trinajstić information content (AvgIpc) is 2.92. The van der Waals surface area contributed by atoms with Gasteiger partial charge in [-0.25, -0.2) is 15.0 Å². The van der Waals surface area contributed by atoms with Crippen LogP contribution >= 0.6 is 0 Å². The van der Waals surface area contributed by atoms with Crippen LogP contribution in [0.4, 0.5) is 0 Å². The second-order valence-electron chi connectivity index (χ2n) is 5.74. The molecule has 26 heavy (non-hydrogen) atoms. The molecule has 0 unspecified atom stereocenters. The molecule has 3 rings (SSSR count). The third-order valence-corrected chi connectivity index (χ3v) is 4.44. The van der Waals surface area contributed by atoms with Crippen molar-refractivity contribution in [2.45, 2.75) is 27.7 Å². The first-order valence-corrected chi connectivity index (χ1v) is 7.37. The molecule has 3 aromatic heterocycles. The zero-order valence-electron chi connectivity index (χ0n) is 15.4. The van der Waals surface area contributed by atoms with Gasteiger partial charge in [0.15, 0.2) is 11.6 Å². The third kappa shape index (κ3) is 4.61. The van der Waals surface area contributed by atoms with Gasteiger partial charge < -0.3 is 46.4 Å². The van der Waals surface area contributed by atoms with E-state index in [9.17, 15) is 0 Å². The van der Waals surface area contributed by atoms with Crippen LogP contribution in [0.15, 0.2) is 18.2 Å². The van der Waals surface area contributed by atoms with E-state index in [0.29, 0.717) is 0 Å². The maximum Gasteiger partial charge on any atom is 3.00 e. The topological polar surface area (TPSA) is 48.5 Å². The summed E-state index contributed by atoms with van der Waals surface area (Å²) in [5.41, 5.74) is 6.13. The molecule has 0 aliphatic rings. The molecule has 0 fully saturated rings. The molecule has 0 saturated heterocycles. The second-order valence-corrected chi connectivity index (χ2v) is 5.74. The number of hydrogen-bond donors (Lipinski definition) is 0. The van der Waals surface area contributed by atoms with E-state index in [1.165, 1.54) is 0 Å². The summed E-state index contributed by atoms with van der Waals surface area (Å²) in [7, 11) is 4.04. The number of aromatic nitrogens is 5. The number of imidazole rings is 2. The number of halogens is 3. The van der Waals surface area contributed by atoms with Crippen LogP contribution < -0.4 is 37.2 Å². The van der Waals surface area contributed by atoms with Crippen molar-refractivity contribution >= 4 is 0 Å². The molecule has 0 N–H and O–H groups in total. The molecule has 0 aromatic carbocycles. The molecule has 0 aliphatic carbocycles. The van der Waals surface area contributed by atoms with Crippen molar-refractivity contribution in [3.05, 3.63) is 41.0 Å². The van der Waals surface area contributed by atoms with Crippen molar-refractivity contribution in [3.63, 3.8) is 0 Å². The first-order valence-electron chi connectivity index (χ1n) is 7.37. The van der Waals surface area contributed by atoms with Gasteiger partial charge in [-0.1, -0.05) is 6.07 Å². The number of nitrogens with zero attached hydrogens (tertiary/aromatic N) is 5. The van der Waals surface area contributed by atoms with Gasteiger partial charge in [-0.15, -0.1) is 0 Å². The Morgan fingerprint density at radius 3 is 1.27 bits per heavy atom. The number of aryl methyl sites for hydroxylation is 2. The minimum atomic E-state index is 0. The van der Waals surface area contributed by atoms with Gasteiger partial charge in [0.2, 0.25) is 0 Å². The zero-order chi connectivity index (χ0) is 16.0. The fraction of sp³-hybridized carbons (Fsp3) is 0.353. The van der Waals surface area contributed by atoms with Crippen molar-refractivity contribution in [3.8, 4) is 23.0 Å². The summed E-state index contributed by atoms with van der Waals surface area (Å²) >= 11 is 0. The van der Waals surface area contributed by atoms with Crippen LogP contribution in [0.3, 0.4) is 0 Å². The van der Waals surface area contributed by atoms with E-state index in [4.69, 9.17) is 4.98 Å². The fourth-order valence-electron chi connectivity index (χ4n) is 2.57. The summed E-state index contributed by atoms with van der Waals surface area (Å²) in [6.45, 7) is 8.19. The van der Waals surface area contributed by atoms with E-state index >= 15 is 0 Å². The van der Waals surface area contributed by atoms with Crippen LogP contribution in [0, 0.1) is 27.7 Å². The SMILES string of the molecule is Cc1nc(-c2cccc(-c3nc(C)c(C)n3C)n2)n(C)c1C.[Cl-].[Cl-].[Cl-].[Co+3]. The molecule has 9 heteroatoms. The molecular weight excluding hydrogens is 440 g/mol. The Morgan fingerprint density at radius 2 is 1.00 bits per heavy atom. The van der Waals surface area contributed by atoms with Gasteiger partial charge in [0.1, 0.15) is 11.4 Å². The number of hydrogen-bond acceptors (Lipinski definition) is 3. The molecule has 0 spiro atoms. The second kappa shape index (κ2) is 10.3. The molecule has 144 valence electrons. The molecule has 0 aliphatic heterocycles. The fourth-order valence-corrected chi connectivity index (χ4v) is 2.57. The van der Waals surface area contributed by atoms with E-state index < -0.39 is 0 Å². The Bertz CT molecular complexity index is 806. The normalized spacial score (nSPS) is 9.46. The molecule has 3 aromatic rings. The van der Waals surface area contributed by atoms with E-state index in [-0.39, 0.29) is 54.0 Å². The first kappa shape index (κ1) is 27.2. The number of rotatable bonds is 2. The van der Waals surface area contributed by atoms with Gasteiger partial charge in [-0.05, 0) is 39.8 Å². The predicted molar refractivity (Wildman–Crippen MR) is 87.6 cm³/mol. The van der Waals surface area contributed by atoms with Gasteiger partial charge in [0.05, 0.1) is 11.4 Å². The van der Waals surface area contributed by atoms with Crippen molar-refractivity contribution in [1.82, 2.24) is 24.1 Å². The number of pyridine rings is 1. The van der Waals surface area contributed by atoms with Crippen molar-refractivity contribution in [2.75, 3.05) is 0 Å². The van der Waals surface area contributed by atoms with Crippen LogP contribution in [0.25, 0.3) is 23.0 Å². The molecule has 0 radical (unpaired) electrons. The van der Waals surface area contributed by atoms with Crippen LogP contribution in [0.2, 0.25) is 0 Å². The standard InChI is InChI=1S/C17H21N5.3ClH.Co/c1-10-12(3)21(5)16(18-10)14-8-7-9-15(20-14)17-19-11(2)13(4)22(17)6;;;;/h7-9H,1-6H3;3*1H;/q;;;;+3/p-3. The largest absolute Gasteiger partial charge is 3.00 e. The summed E-state index contributed by atoms with van der Waals surface area (Å²) in [5, 5.41) is 0. The van der Waals surface area contributed by atoms with Gasteiger partial charge in [0.25, 0.3) is 0 Å². The van der Waals surface area contributed by atoms with E-state index in [0.717, 1.165) is 45.8 Å². The quantitative estimate of drug-likeness (QED) is 0.383. The van der Waals surface area contributed by atoms with Crippen molar-refractivity contribution in [2.24, 2.45) is 14.1 Å². The Morgan fingerprint density at radius 1 is 0.654 bits per heavy atom. The van der Waals surface area contributed by atoms with Gasteiger partial charge >= 0.3 is 16.8 Å². The maximum atomic E-state index is 4.78. The minimum absolute atomic E-state index is 0. The van der Waals surface area contributed by atoms with E-state index in [1.54, 1.807) is 0 Å². The average molecular weight is 461 g/mol. The van der Waals surface area contributed by atoms with Gasteiger partial charge in [-0.3, -0.25) is 0 Å². The predicted octanol–water partition coefficient (Wildman–Crippen LogP) is -5.87. The van der Waals surface area contributed by atoms with Crippen LogP contribution in [0.5, 0.6) is 0 Å². The summed E-state index contributed by atoms with van der Waals surface area (Å²) in [6.07, 6.45) is 0. The smallest absolute Gasteiger partial charge is 1.00 e. The maximum absolute atomic E-state index is 4.78. The molecule has 0 bridgehead atoms. The molecular formula is C17H21Cl3CoN5. The molecule has 0 saturated carbocycles. The third-order valence-electron chi connectivity index (χ3n) is 4.44. The first-order chi connectivity index (χ1) is 10.4. The molecule has 3 heterocycles. The van der Waals surface area contributed by atoms with Gasteiger partial charge in [-0.2, -0.15) is 0 Å². The Balaban J connectivity index is 0. The van der Waals surface area contributed by atoms with Crippen molar-refractivity contribution in [1.29, 1.82) is 0 Å². The monoisotopic (exact) mass is 459 g/mol. The molecule has 0 amide bonds. The van der Waals surface area contributed by atoms with E-state index in [1.807, 2.05) is 46.1 Å². The van der Waals surface area contributed by atoms with Crippen LogP contribution in [0.1, 0.15) is 22.8 Å². The summed E-state index contributed by atoms with van der Waals surface area (Å²) < 4.78 is 4.16. The Kier molecular flexibility index (Phi) is 10.8. The summed E-state index contributed by atoms with van der Waals surface area (Å²) in [4.78, 5) is 14.0. The van der Waals surface area contributed by atoms with Crippen molar-refractivity contribution < 1.29 is 54.0 Å².